The minimum atomic E-state index is 0.780. The molecule has 0 amide bonds. The Labute approximate surface area is 82.7 Å². The van der Waals surface area contributed by atoms with Crippen LogP contribution in [0.4, 0.5) is 0 Å². The Balaban J connectivity index is 2.54. The molecule has 0 heterocycles. The second-order valence-electron chi connectivity index (χ2n) is 4.80. The number of rotatable bonds is 4. The van der Waals surface area contributed by atoms with Gasteiger partial charge in [0.2, 0.25) is 0 Å². The average molecular weight is 178 g/mol. The summed E-state index contributed by atoms with van der Waals surface area (Å²) in [7, 11) is 0. The second kappa shape index (κ2) is 4.13. The van der Waals surface area contributed by atoms with Crippen molar-refractivity contribution in [1.82, 2.24) is 0 Å². The standard InChI is InChI=1S/C13H22/c1-6-12-8-13(12)11(5)10(4)7-9(2)3/h6,9,12-13H,1,7-8H2,2-5H3. The summed E-state index contributed by atoms with van der Waals surface area (Å²) < 4.78 is 0. The van der Waals surface area contributed by atoms with Gasteiger partial charge in [0.15, 0.2) is 0 Å². The van der Waals surface area contributed by atoms with E-state index in [9.17, 15) is 0 Å². The minimum absolute atomic E-state index is 0.780. The Bertz CT molecular complexity index is 220. The van der Waals surface area contributed by atoms with Crippen LogP contribution in [0.2, 0.25) is 0 Å². The SMILES string of the molecule is C=CC1CC1C(C)=C(C)CC(C)C. The van der Waals surface area contributed by atoms with Crippen LogP contribution < -0.4 is 0 Å². The summed E-state index contributed by atoms with van der Waals surface area (Å²) in [4.78, 5) is 0. The van der Waals surface area contributed by atoms with Crippen molar-refractivity contribution in [3.05, 3.63) is 23.8 Å². The molecule has 74 valence electrons. The van der Waals surface area contributed by atoms with E-state index in [4.69, 9.17) is 0 Å². The molecule has 0 aromatic heterocycles. The van der Waals surface area contributed by atoms with Gasteiger partial charge < -0.3 is 0 Å². The van der Waals surface area contributed by atoms with Crippen molar-refractivity contribution < 1.29 is 0 Å². The van der Waals surface area contributed by atoms with E-state index in [1.54, 1.807) is 11.1 Å². The molecule has 13 heavy (non-hydrogen) atoms. The van der Waals surface area contributed by atoms with Gasteiger partial charge in [0, 0.05) is 0 Å². The van der Waals surface area contributed by atoms with Gasteiger partial charge in [-0.1, -0.05) is 31.1 Å². The van der Waals surface area contributed by atoms with Crippen LogP contribution in [0.15, 0.2) is 23.8 Å². The highest BCUT2D eigenvalue weighted by Gasteiger charge is 2.35. The van der Waals surface area contributed by atoms with E-state index < -0.39 is 0 Å². The van der Waals surface area contributed by atoms with Crippen molar-refractivity contribution in [3.8, 4) is 0 Å². The van der Waals surface area contributed by atoms with E-state index in [0.717, 1.165) is 17.8 Å². The zero-order valence-electron chi connectivity index (χ0n) is 9.43. The second-order valence-corrected chi connectivity index (χ2v) is 4.80. The summed E-state index contributed by atoms with van der Waals surface area (Å²) in [5.74, 6) is 2.40. The lowest BCUT2D eigenvalue weighted by Gasteiger charge is -2.09. The van der Waals surface area contributed by atoms with Crippen molar-refractivity contribution in [2.24, 2.45) is 17.8 Å². The molecule has 2 atom stereocenters. The number of hydrogen-bond donors (Lipinski definition) is 0. The van der Waals surface area contributed by atoms with E-state index >= 15 is 0 Å². The maximum Gasteiger partial charge on any atom is -0.0135 e. The predicted octanol–water partition coefficient (Wildman–Crippen LogP) is 4.19. The minimum Gasteiger partial charge on any atom is -0.103 e. The van der Waals surface area contributed by atoms with Crippen LogP contribution in [0, 0.1) is 17.8 Å². The smallest absolute Gasteiger partial charge is 0.0135 e. The maximum absolute atomic E-state index is 3.85. The number of hydrogen-bond acceptors (Lipinski definition) is 0. The Morgan fingerprint density at radius 3 is 2.46 bits per heavy atom. The Morgan fingerprint density at radius 2 is 2.08 bits per heavy atom. The summed E-state index contributed by atoms with van der Waals surface area (Å²) in [6, 6.07) is 0. The predicted molar refractivity (Wildman–Crippen MR) is 59.6 cm³/mol. The van der Waals surface area contributed by atoms with Crippen LogP contribution >= 0.6 is 0 Å². The number of allylic oxidation sites excluding steroid dienone is 3. The quantitative estimate of drug-likeness (QED) is 0.566. The summed E-state index contributed by atoms with van der Waals surface area (Å²) in [6.45, 7) is 13.0. The van der Waals surface area contributed by atoms with Gasteiger partial charge in [-0.25, -0.2) is 0 Å². The van der Waals surface area contributed by atoms with Gasteiger partial charge in [0.25, 0.3) is 0 Å². The largest absolute Gasteiger partial charge is 0.103 e. The fourth-order valence-electron chi connectivity index (χ4n) is 2.06. The molecule has 0 aromatic carbocycles. The van der Waals surface area contributed by atoms with Gasteiger partial charge in [0.1, 0.15) is 0 Å². The van der Waals surface area contributed by atoms with Crippen molar-refractivity contribution in [2.75, 3.05) is 0 Å². The van der Waals surface area contributed by atoms with Crippen molar-refractivity contribution >= 4 is 0 Å². The third-order valence-electron chi connectivity index (χ3n) is 3.09. The molecule has 0 saturated heterocycles. The first kappa shape index (κ1) is 10.6. The Kier molecular flexibility index (Phi) is 3.35. The maximum atomic E-state index is 3.85. The molecule has 1 rings (SSSR count). The van der Waals surface area contributed by atoms with Gasteiger partial charge in [0.05, 0.1) is 0 Å². The van der Waals surface area contributed by atoms with Crippen molar-refractivity contribution in [1.29, 1.82) is 0 Å². The summed E-state index contributed by atoms with van der Waals surface area (Å²) in [5, 5.41) is 0. The molecule has 0 nitrogen and oxygen atoms in total. The van der Waals surface area contributed by atoms with Crippen LogP contribution in [0.1, 0.15) is 40.5 Å². The highest BCUT2D eigenvalue weighted by atomic mass is 14.4. The molecule has 1 saturated carbocycles. The Morgan fingerprint density at radius 1 is 1.46 bits per heavy atom. The van der Waals surface area contributed by atoms with E-state index in [1.807, 2.05) is 0 Å². The van der Waals surface area contributed by atoms with Gasteiger partial charge in [-0.3, -0.25) is 0 Å². The lowest BCUT2D eigenvalue weighted by molar-refractivity contribution is 0.633. The fraction of sp³-hybridized carbons (Fsp3) is 0.692. The van der Waals surface area contributed by atoms with Gasteiger partial charge in [-0.05, 0) is 44.4 Å². The molecule has 2 unspecified atom stereocenters. The molecule has 0 N–H and O–H groups in total. The van der Waals surface area contributed by atoms with E-state index in [2.05, 4.69) is 40.3 Å². The lowest BCUT2D eigenvalue weighted by atomic mass is 9.97. The summed E-state index contributed by atoms with van der Waals surface area (Å²) in [5.41, 5.74) is 3.22. The fourth-order valence-corrected chi connectivity index (χ4v) is 2.06. The highest BCUT2D eigenvalue weighted by Crippen LogP contribution is 2.46. The van der Waals surface area contributed by atoms with Crippen molar-refractivity contribution in [3.63, 3.8) is 0 Å². The van der Waals surface area contributed by atoms with Crippen molar-refractivity contribution in [2.45, 2.75) is 40.5 Å². The zero-order chi connectivity index (χ0) is 10.0. The van der Waals surface area contributed by atoms with Crippen LogP contribution in [0.5, 0.6) is 0 Å². The normalized spacial score (nSPS) is 28.7. The van der Waals surface area contributed by atoms with Crippen LogP contribution in [0.25, 0.3) is 0 Å². The molecule has 0 bridgehead atoms. The molecule has 1 aliphatic rings. The van der Waals surface area contributed by atoms with E-state index in [1.165, 1.54) is 12.8 Å². The van der Waals surface area contributed by atoms with Gasteiger partial charge >= 0.3 is 0 Å². The molecule has 0 aliphatic heterocycles. The van der Waals surface area contributed by atoms with Crippen LogP contribution in [0.3, 0.4) is 0 Å². The first-order valence-electron chi connectivity index (χ1n) is 5.35. The third-order valence-corrected chi connectivity index (χ3v) is 3.09. The van der Waals surface area contributed by atoms with Crippen LogP contribution in [-0.2, 0) is 0 Å². The topological polar surface area (TPSA) is 0 Å². The van der Waals surface area contributed by atoms with Gasteiger partial charge in [-0.15, -0.1) is 6.58 Å². The molecule has 1 aliphatic carbocycles. The zero-order valence-corrected chi connectivity index (χ0v) is 9.43. The van der Waals surface area contributed by atoms with Gasteiger partial charge in [-0.2, -0.15) is 0 Å². The van der Waals surface area contributed by atoms with E-state index in [0.29, 0.717) is 0 Å². The Hall–Kier alpha value is -0.520. The molecule has 0 heteroatoms. The first-order valence-corrected chi connectivity index (χ1v) is 5.35. The third kappa shape index (κ3) is 2.72. The summed E-state index contributed by atoms with van der Waals surface area (Å²) in [6.07, 6.45) is 4.70. The first-order chi connectivity index (χ1) is 6.06. The van der Waals surface area contributed by atoms with Crippen LogP contribution in [-0.4, -0.2) is 0 Å². The summed E-state index contributed by atoms with van der Waals surface area (Å²) >= 11 is 0. The molecule has 1 fully saturated rings. The lowest BCUT2D eigenvalue weighted by Crippen LogP contribution is -1.94. The molecular weight excluding hydrogens is 156 g/mol. The molecule has 0 radical (unpaired) electrons. The highest BCUT2D eigenvalue weighted by molar-refractivity contribution is 5.22. The average Bonchev–Trinajstić information content (AvgIpc) is 2.80. The molecular formula is C13H22. The monoisotopic (exact) mass is 178 g/mol. The van der Waals surface area contributed by atoms with E-state index in [-0.39, 0.29) is 0 Å². The molecule has 0 spiro atoms. The molecule has 0 aromatic rings.